The van der Waals surface area contributed by atoms with E-state index < -0.39 is 0 Å². The minimum Gasteiger partial charge on any atom is -0.345 e. The average molecular weight is 370 g/mol. The Morgan fingerprint density at radius 1 is 1.24 bits per heavy atom. The maximum absolute atomic E-state index is 12.7. The van der Waals surface area contributed by atoms with Crippen LogP contribution in [-0.4, -0.2) is 22.1 Å². The molecule has 3 aromatic rings. The lowest BCUT2D eigenvalue weighted by atomic mass is 10.1. The van der Waals surface area contributed by atoms with Crippen molar-refractivity contribution in [2.45, 2.75) is 24.8 Å². The fourth-order valence-corrected chi connectivity index (χ4v) is 3.83. The number of carbonyl (C=O) groups excluding carboxylic acids is 1. The SMILES string of the molecule is CSc1ccc([C@@H](C)NC(=O)c2sc(-c3cccnc3)nc2C)cc1. The van der Waals surface area contributed by atoms with Gasteiger partial charge in [-0.15, -0.1) is 23.1 Å². The van der Waals surface area contributed by atoms with Gasteiger partial charge in [0, 0.05) is 22.9 Å². The van der Waals surface area contributed by atoms with Crippen LogP contribution in [0.4, 0.5) is 0 Å². The van der Waals surface area contributed by atoms with Crippen molar-refractivity contribution in [1.29, 1.82) is 0 Å². The number of amides is 1. The topological polar surface area (TPSA) is 54.9 Å². The van der Waals surface area contributed by atoms with Crippen LogP contribution >= 0.6 is 23.1 Å². The molecule has 1 amide bonds. The van der Waals surface area contributed by atoms with Crippen molar-refractivity contribution in [2.75, 3.05) is 6.26 Å². The highest BCUT2D eigenvalue weighted by Gasteiger charge is 2.18. The Morgan fingerprint density at radius 2 is 2.00 bits per heavy atom. The Labute approximate surface area is 155 Å². The van der Waals surface area contributed by atoms with Crippen molar-refractivity contribution >= 4 is 29.0 Å². The van der Waals surface area contributed by atoms with Gasteiger partial charge in [0.1, 0.15) is 9.88 Å². The van der Waals surface area contributed by atoms with Crippen LogP contribution in [0, 0.1) is 6.92 Å². The van der Waals surface area contributed by atoms with E-state index in [4.69, 9.17) is 0 Å². The van der Waals surface area contributed by atoms with Crippen molar-refractivity contribution in [1.82, 2.24) is 15.3 Å². The number of thiazole rings is 1. The zero-order valence-electron chi connectivity index (χ0n) is 14.3. The lowest BCUT2D eigenvalue weighted by Gasteiger charge is -2.14. The van der Waals surface area contributed by atoms with Crippen LogP contribution in [0.5, 0.6) is 0 Å². The number of hydrogen-bond acceptors (Lipinski definition) is 5. The Bertz CT molecular complexity index is 860. The van der Waals surface area contributed by atoms with Gasteiger partial charge in [-0.3, -0.25) is 9.78 Å². The maximum Gasteiger partial charge on any atom is 0.263 e. The number of nitrogens with zero attached hydrogens (tertiary/aromatic N) is 2. The van der Waals surface area contributed by atoms with E-state index >= 15 is 0 Å². The number of nitrogens with one attached hydrogen (secondary N) is 1. The second kappa shape index (κ2) is 7.80. The molecule has 0 aliphatic rings. The van der Waals surface area contributed by atoms with Crippen molar-refractivity contribution in [2.24, 2.45) is 0 Å². The molecule has 6 heteroatoms. The van der Waals surface area contributed by atoms with Gasteiger partial charge in [-0.1, -0.05) is 12.1 Å². The standard InChI is InChI=1S/C19H19N3OS2/c1-12(14-6-8-16(24-3)9-7-14)21-18(23)17-13(2)22-19(25-17)15-5-4-10-20-11-15/h4-12H,1-3H3,(H,21,23)/t12-/m1/s1. The molecule has 25 heavy (non-hydrogen) atoms. The third-order valence-corrected chi connectivity index (χ3v) is 5.82. The smallest absolute Gasteiger partial charge is 0.263 e. The summed E-state index contributed by atoms with van der Waals surface area (Å²) in [5.41, 5.74) is 2.75. The van der Waals surface area contributed by atoms with Crippen molar-refractivity contribution < 1.29 is 4.79 Å². The molecule has 2 heterocycles. The van der Waals surface area contributed by atoms with E-state index in [1.54, 1.807) is 24.2 Å². The van der Waals surface area contributed by atoms with E-state index in [0.717, 1.165) is 21.8 Å². The van der Waals surface area contributed by atoms with E-state index in [2.05, 4.69) is 39.6 Å². The van der Waals surface area contributed by atoms with Crippen molar-refractivity contribution in [3.63, 3.8) is 0 Å². The highest BCUT2D eigenvalue weighted by molar-refractivity contribution is 7.98. The lowest BCUT2D eigenvalue weighted by Crippen LogP contribution is -2.26. The number of hydrogen-bond donors (Lipinski definition) is 1. The normalized spacial score (nSPS) is 12.0. The number of aromatic nitrogens is 2. The Kier molecular flexibility index (Phi) is 5.50. The molecule has 4 nitrogen and oxygen atoms in total. The monoisotopic (exact) mass is 369 g/mol. The highest BCUT2D eigenvalue weighted by atomic mass is 32.2. The Hall–Kier alpha value is -2.18. The molecule has 0 aliphatic carbocycles. The van der Waals surface area contributed by atoms with Crippen molar-refractivity contribution in [3.05, 3.63) is 64.9 Å². The average Bonchev–Trinajstić information content (AvgIpc) is 3.04. The summed E-state index contributed by atoms with van der Waals surface area (Å²) < 4.78 is 0. The molecule has 0 radical (unpaired) electrons. The Balaban J connectivity index is 1.75. The lowest BCUT2D eigenvalue weighted by molar-refractivity contribution is 0.0943. The zero-order valence-corrected chi connectivity index (χ0v) is 15.9. The molecule has 1 atom stereocenters. The predicted molar refractivity (Wildman–Crippen MR) is 104 cm³/mol. The quantitative estimate of drug-likeness (QED) is 0.661. The first-order chi connectivity index (χ1) is 12.1. The molecule has 0 aliphatic heterocycles. The first kappa shape index (κ1) is 17.6. The first-order valence-electron chi connectivity index (χ1n) is 7.91. The van der Waals surface area contributed by atoms with Crippen LogP contribution in [0.25, 0.3) is 10.6 Å². The van der Waals surface area contributed by atoms with E-state index in [9.17, 15) is 4.79 Å². The molecule has 0 saturated carbocycles. The van der Waals surface area contributed by atoms with Gasteiger partial charge in [0.05, 0.1) is 11.7 Å². The minimum atomic E-state index is -0.0911. The second-order valence-corrected chi connectivity index (χ2v) is 7.52. The predicted octanol–water partition coefficient (Wildman–Crippen LogP) is 4.73. The first-order valence-corrected chi connectivity index (χ1v) is 9.95. The molecule has 0 spiro atoms. The summed E-state index contributed by atoms with van der Waals surface area (Å²) in [4.78, 5) is 23.1. The number of rotatable bonds is 5. The summed E-state index contributed by atoms with van der Waals surface area (Å²) in [6.07, 6.45) is 5.53. The van der Waals surface area contributed by atoms with Gasteiger partial charge in [0.2, 0.25) is 0 Å². The van der Waals surface area contributed by atoms with Crippen molar-refractivity contribution in [3.8, 4) is 10.6 Å². The van der Waals surface area contributed by atoms with Gasteiger partial charge >= 0.3 is 0 Å². The van der Waals surface area contributed by atoms with Crippen LogP contribution in [0.1, 0.15) is 33.9 Å². The molecule has 128 valence electrons. The van der Waals surface area contributed by atoms with E-state index in [1.165, 1.54) is 16.2 Å². The number of aryl methyl sites for hydroxylation is 1. The van der Waals surface area contributed by atoms with Crippen LogP contribution in [-0.2, 0) is 0 Å². The van der Waals surface area contributed by atoms with Gasteiger partial charge in [-0.2, -0.15) is 0 Å². The molecular formula is C19H19N3OS2. The van der Waals surface area contributed by atoms with Gasteiger partial charge < -0.3 is 5.32 Å². The molecule has 0 unspecified atom stereocenters. The molecule has 3 rings (SSSR count). The fraction of sp³-hybridized carbons (Fsp3) is 0.211. The number of pyridine rings is 1. The number of carbonyl (C=O) groups is 1. The molecule has 2 aromatic heterocycles. The summed E-state index contributed by atoms with van der Waals surface area (Å²) in [7, 11) is 0. The summed E-state index contributed by atoms with van der Waals surface area (Å²) in [5, 5.41) is 3.88. The molecule has 0 fully saturated rings. The third-order valence-electron chi connectivity index (χ3n) is 3.87. The molecule has 0 bridgehead atoms. The van der Waals surface area contributed by atoms with Crippen LogP contribution in [0.15, 0.2) is 53.7 Å². The number of benzene rings is 1. The van der Waals surface area contributed by atoms with E-state index in [0.29, 0.717) is 4.88 Å². The second-order valence-electron chi connectivity index (χ2n) is 5.64. The molecule has 0 saturated heterocycles. The summed E-state index contributed by atoms with van der Waals surface area (Å²) in [6.45, 7) is 3.85. The summed E-state index contributed by atoms with van der Waals surface area (Å²) in [5.74, 6) is -0.0911. The van der Waals surface area contributed by atoms with Crippen LogP contribution in [0.2, 0.25) is 0 Å². The zero-order chi connectivity index (χ0) is 17.8. The fourth-order valence-electron chi connectivity index (χ4n) is 2.46. The largest absolute Gasteiger partial charge is 0.345 e. The minimum absolute atomic E-state index is 0.0632. The summed E-state index contributed by atoms with van der Waals surface area (Å²) >= 11 is 3.10. The van der Waals surface area contributed by atoms with Gasteiger partial charge in [0.15, 0.2) is 0 Å². The van der Waals surface area contributed by atoms with E-state index in [-0.39, 0.29) is 11.9 Å². The van der Waals surface area contributed by atoms with Gasteiger partial charge in [-0.05, 0) is 49.9 Å². The Morgan fingerprint density at radius 3 is 2.64 bits per heavy atom. The van der Waals surface area contributed by atoms with Crippen LogP contribution < -0.4 is 5.32 Å². The van der Waals surface area contributed by atoms with E-state index in [1.807, 2.05) is 32.2 Å². The number of thioether (sulfide) groups is 1. The third kappa shape index (κ3) is 4.08. The van der Waals surface area contributed by atoms with Crippen LogP contribution in [0.3, 0.4) is 0 Å². The highest BCUT2D eigenvalue weighted by Crippen LogP contribution is 2.28. The van der Waals surface area contributed by atoms with Gasteiger partial charge in [0.25, 0.3) is 5.91 Å². The molecular weight excluding hydrogens is 350 g/mol. The molecule has 1 aromatic carbocycles. The maximum atomic E-state index is 12.7. The molecule has 1 N–H and O–H groups in total. The summed E-state index contributed by atoms with van der Waals surface area (Å²) in [6, 6.07) is 12.0. The van der Waals surface area contributed by atoms with Gasteiger partial charge in [-0.25, -0.2) is 4.98 Å².